The van der Waals surface area contributed by atoms with Crippen molar-refractivity contribution < 1.29 is 0 Å². The molecule has 6 heteroatoms. The summed E-state index contributed by atoms with van der Waals surface area (Å²) in [5.41, 5.74) is 0.274. The molecule has 0 radical (unpaired) electrons. The predicted octanol–water partition coefficient (Wildman–Crippen LogP) is 1.56. The van der Waals surface area contributed by atoms with Gasteiger partial charge in [-0.1, -0.05) is 26.7 Å². The average Bonchev–Trinajstić information content (AvgIpc) is 2.86. The Balaban J connectivity index is 2.71. The minimum atomic E-state index is -0.281. The molecule has 0 aromatic carbocycles. The SMILES string of the molecule is CCCC(CCC)n1c(=O)c2[nH]cnc2n(C)c1=O. The Labute approximate surface area is 111 Å². The molecule has 0 aliphatic heterocycles. The highest BCUT2D eigenvalue weighted by atomic mass is 16.2. The smallest absolute Gasteiger partial charge is 0.332 e. The van der Waals surface area contributed by atoms with Crippen LogP contribution in [0.1, 0.15) is 45.6 Å². The van der Waals surface area contributed by atoms with Crippen LogP contribution in [0.2, 0.25) is 0 Å². The highest BCUT2D eigenvalue weighted by Gasteiger charge is 2.19. The van der Waals surface area contributed by atoms with Crippen LogP contribution in [-0.2, 0) is 7.05 Å². The van der Waals surface area contributed by atoms with Gasteiger partial charge in [-0.05, 0) is 12.8 Å². The van der Waals surface area contributed by atoms with Crippen molar-refractivity contribution in [3.63, 3.8) is 0 Å². The number of fused-ring (bicyclic) bond motifs is 1. The Hall–Kier alpha value is -1.85. The molecule has 2 heterocycles. The molecule has 2 aromatic heterocycles. The van der Waals surface area contributed by atoms with Gasteiger partial charge in [0.1, 0.15) is 5.52 Å². The quantitative estimate of drug-likeness (QED) is 0.890. The van der Waals surface area contributed by atoms with Crippen molar-refractivity contribution in [2.45, 2.75) is 45.6 Å². The zero-order valence-electron chi connectivity index (χ0n) is 11.6. The van der Waals surface area contributed by atoms with Gasteiger partial charge in [0.15, 0.2) is 5.65 Å². The molecule has 6 nitrogen and oxygen atoms in total. The molecule has 0 bridgehead atoms. The van der Waals surface area contributed by atoms with Crippen molar-refractivity contribution in [1.82, 2.24) is 19.1 Å². The van der Waals surface area contributed by atoms with Gasteiger partial charge in [-0.25, -0.2) is 9.78 Å². The van der Waals surface area contributed by atoms with Gasteiger partial charge < -0.3 is 4.98 Å². The van der Waals surface area contributed by atoms with E-state index in [4.69, 9.17) is 0 Å². The van der Waals surface area contributed by atoms with Gasteiger partial charge in [-0.15, -0.1) is 0 Å². The third-order valence-corrected chi connectivity index (χ3v) is 3.47. The second kappa shape index (κ2) is 5.42. The van der Waals surface area contributed by atoms with Gasteiger partial charge >= 0.3 is 5.69 Å². The van der Waals surface area contributed by atoms with E-state index < -0.39 is 0 Å². The monoisotopic (exact) mass is 264 g/mol. The van der Waals surface area contributed by atoms with E-state index in [1.165, 1.54) is 15.5 Å². The van der Waals surface area contributed by atoms with Crippen LogP contribution in [0.3, 0.4) is 0 Å². The summed E-state index contributed by atoms with van der Waals surface area (Å²) in [6.45, 7) is 4.12. The molecule has 0 saturated heterocycles. The molecule has 19 heavy (non-hydrogen) atoms. The van der Waals surface area contributed by atoms with Crippen molar-refractivity contribution >= 4 is 11.2 Å². The average molecular weight is 264 g/mol. The molecule has 0 spiro atoms. The normalized spacial score (nSPS) is 11.6. The van der Waals surface area contributed by atoms with Crippen LogP contribution in [0.15, 0.2) is 15.9 Å². The van der Waals surface area contributed by atoms with Crippen LogP contribution in [0.4, 0.5) is 0 Å². The Bertz CT molecular complexity index is 674. The summed E-state index contributed by atoms with van der Waals surface area (Å²) >= 11 is 0. The molecule has 2 aromatic rings. The van der Waals surface area contributed by atoms with E-state index >= 15 is 0 Å². The third-order valence-electron chi connectivity index (χ3n) is 3.47. The second-order valence-electron chi connectivity index (χ2n) is 4.85. The number of aromatic nitrogens is 4. The van der Waals surface area contributed by atoms with Gasteiger partial charge in [-0.2, -0.15) is 0 Å². The third kappa shape index (κ3) is 2.22. The Morgan fingerprint density at radius 2 is 1.89 bits per heavy atom. The highest BCUT2D eigenvalue weighted by molar-refractivity contribution is 5.68. The lowest BCUT2D eigenvalue weighted by molar-refractivity contribution is 0.396. The predicted molar refractivity (Wildman–Crippen MR) is 74.4 cm³/mol. The number of H-pyrrole nitrogens is 1. The molecular weight excluding hydrogens is 244 g/mol. The van der Waals surface area contributed by atoms with E-state index in [2.05, 4.69) is 23.8 Å². The van der Waals surface area contributed by atoms with Crippen LogP contribution < -0.4 is 11.2 Å². The standard InChI is InChI=1S/C13H20N4O2/c1-4-6-9(7-5-2)17-12(18)10-11(15-8-14-10)16(3)13(17)19/h8-9H,4-7H2,1-3H3,(H,14,15). The minimum absolute atomic E-state index is 0.0334. The maximum atomic E-state index is 12.4. The summed E-state index contributed by atoms with van der Waals surface area (Å²) in [5, 5.41) is 0. The van der Waals surface area contributed by atoms with Crippen LogP contribution in [-0.4, -0.2) is 19.1 Å². The molecule has 1 N–H and O–H groups in total. The zero-order chi connectivity index (χ0) is 14.0. The van der Waals surface area contributed by atoms with E-state index in [-0.39, 0.29) is 17.3 Å². The number of hydrogen-bond acceptors (Lipinski definition) is 3. The number of aryl methyl sites for hydroxylation is 1. The topological polar surface area (TPSA) is 72.7 Å². The lowest BCUT2D eigenvalue weighted by Crippen LogP contribution is -2.41. The summed E-state index contributed by atoms with van der Waals surface area (Å²) in [5.74, 6) is 0. The lowest BCUT2D eigenvalue weighted by atomic mass is 10.1. The van der Waals surface area contributed by atoms with Gasteiger partial charge in [0.2, 0.25) is 0 Å². The first-order valence-corrected chi connectivity index (χ1v) is 6.76. The summed E-state index contributed by atoms with van der Waals surface area (Å²) in [6, 6.07) is -0.0334. The second-order valence-corrected chi connectivity index (χ2v) is 4.85. The summed E-state index contributed by atoms with van der Waals surface area (Å²) < 4.78 is 2.82. The van der Waals surface area contributed by atoms with Crippen molar-refractivity contribution in [3.05, 3.63) is 27.2 Å². The van der Waals surface area contributed by atoms with E-state index in [9.17, 15) is 9.59 Å². The molecule has 2 rings (SSSR count). The first kappa shape index (κ1) is 13.6. The Kier molecular flexibility index (Phi) is 3.87. The molecule has 0 saturated carbocycles. The minimum Gasteiger partial charge on any atom is -0.339 e. The van der Waals surface area contributed by atoms with Gasteiger partial charge in [0, 0.05) is 13.1 Å². The van der Waals surface area contributed by atoms with Crippen LogP contribution in [0.25, 0.3) is 11.2 Å². The van der Waals surface area contributed by atoms with Crippen LogP contribution in [0, 0.1) is 0 Å². The maximum absolute atomic E-state index is 12.4. The van der Waals surface area contributed by atoms with Crippen molar-refractivity contribution in [2.24, 2.45) is 7.05 Å². The maximum Gasteiger partial charge on any atom is 0.332 e. The largest absolute Gasteiger partial charge is 0.339 e. The fourth-order valence-corrected chi connectivity index (χ4v) is 2.55. The molecule has 0 fully saturated rings. The molecule has 0 aliphatic rings. The fourth-order valence-electron chi connectivity index (χ4n) is 2.55. The van der Waals surface area contributed by atoms with E-state index in [1.54, 1.807) is 7.05 Å². The van der Waals surface area contributed by atoms with Crippen molar-refractivity contribution in [1.29, 1.82) is 0 Å². The number of aromatic amines is 1. The Morgan fingerprint density at radius 3 is 2.47 bits per heavy atom. The van der Waals surface area contributed by atoms with Crippen molar-refractivity contribution in [3.8, 4) is 0 Å². The number of rotatable bonds is 5. The van der Waals surface area contributed by atoms with E-state index in [1.807, 2.05) is 0 Å². The first-order valence-electron chi connectivity index (χ1n) is 6.76. The molecule has 0 aliphatic carbocycles. The van der Waals surface area contributed by atoms with Crippen molar-refractivity contribution in [2.75, 3.05) is 0 Å². The Morgan fingerprint density at radius 1 is 1.26 bits per heavy atom. The number of nitrogens with zero attached hydrogens (tertiary/aromatic N) is 3. The summed E-state index contributed by atoms with van der Waals surface area (Å²) in [6.07, 6.45) is 5.01. The van der Waals surface area contributed by atoms with Gasteiger partial charge in [0.25, 0.3) is 5.56 Å². The number of nitrogens with one attached hydrogen (secondary N) is 1. The van der Waals surface area contributed by atoms with E-state index in [0.29, 0.717) is 11.2 Å². The molecule has 104 valence electrons. The van der Waals surface area contributed by atoms with E-state index in [0.717, 1.165) is 25.7 Å². The van der Waals surface area contributed by atoms with Gasteiger partial charge in [-0.3, -0.25) is 13.9 Å². The highest BCUT2D eigenvalue weighted by Crippen LogP contribution is 2.17. The van der Waals surface area contributed by atoms with Crippen LogP contribution in [0.5, 0.6) is 0 Å². The number of imidazole rings is 1. The fraction of sp³-hybridized carbons (Fsp3) is 0.615. The van der Waals surface area contributed by atoms with Crippen LogP contribution >= 0.6 is 0 Å². The molecule has 0 unspecified atom stereocenters. The summed E-state index contributed by atoms with van der Waals surface area (Å²) in [7, 11) is 1.65. The summed E-state index contributed by atoms with van der Waals surface area (Å²) in [4.78, 5) is 31.7. The lowest BCUT2D eigenvalue weighted by Gasteiger charge is -2.18. The molecular formula is C13H20N4O2. The number of hydrogen-bond donors (Lipinski definition) is 1. The molecule has 0 atom stereocenters. The molecule has 0 amide bonds. The first-order chi connectivity index (χ1) is 9.11. The zero-order valence-corrected chi connectivity index (χ0v) is 11.6. The van der Waals surface area contributed by atoms with Gasteiger partial charge in [0.05, 0.1) is 6.33 Å².